The number of rotatable bonds is 4. The van der Waals surface area contributed by atoms with Crippen LogP contribution in [0.2, 0.25) is 0 Å². The molecule has 1 rings (SSSR count). The van der Waals surface area contributed by atoms with E-state index < -0.39 is 0 Å². The molecule has 0 N–H and O–H groups in total. The summed E-state index contributed by atoms with van der Waals surface area (Å²) in [5.41, 5.74) is 1.51. The van der Waals surface area contributed by atoms with Gasteiger partial charge in [0.05, 0.1) is 13.4 Å². The zero-order valence-electron chi connectivity index (χ0n) is 9.88. The van der Waals surface area contributed by atoms with Gasteiger partial charge in [0.1, 0.15) is 0 Å². The molecule has 0 saturated heterocycles. The molecule has 14 heavy (non-hydrogen) atoms. The minimum atomic E-state index is 0.867. The predicted octanol–water partition coefficient (Wildman–Crippen LogP) is 4.14. The minimum absolute atomic E-state index is 0.867. The van der Waals surface area contributed by atoms with Crippen LogP contribution in [0.5, 0.6) is 0 Å². The van der Waals surface area contributed by atoms with Crippen molar-refractivity contribution in [2.75, 3.05) is 7.11 Å². The van der Waals surface area contributed by atoms with Crippen LogP contribution in [0.15, 0.2) is 11.8 Å². The largest absolute Gasteiger partial charge is 0.504 e. The van der Waals surface area contributed by atoms with Gasteiger partial charge in [-0.1, -0.05) is 26.7 Å². The van der Waals surface area contributed by atoms with E-state index in [9.17, 15) is 0 Å². The molecule has 0 radical (unpaired) electrons. The summed E-state index contributed by atoms with van der Waals surface area (Å²) in [6.07, 6.45) is 10.0. The van der Waals surface area contributed by atoms with Gasteiger partial charge in [-0.05, 0) is 43.1 Å². The summed E-state index contributed by atoms with van der Waals surface area (Å²) in [5, 5.41) is 0. The van der Waals surface area contributed by atoms with Gasteiger partial charge in [0.25, 0.3) is 0 Å². The molecule has 1 saturated carbocycles. The lowest BCUT2D eigenvalue weighted by atomic mass is 9.82. The molecule has 0 bridgehead atoms. The molecule has 0 spiro atoms. The van der Waals surface area contributed by atoms with Gasteiger partial charge in [-0.2, -0.15) is 0 Å². The fourth-order valence-corrected chi connectivity index (χ4v) is 2.19. The lowest BCUT2D eigenvalue weighted by molar-refractivity contribution is 0.311. The molecular formula is C13H24O. The lowest BCUT2D eigenvalue weighted by Crippen LogP contribution is -2.09. The standard InChI is InChI=1S/C13H24O/c1-11(2)4-5-12-6-8-13(9-7-12)10-14-3/h10-12H,4-9H2,1-3H3. The van der Waals surface area contributed by atoms with Crippen LogP contribution in [0, 0.1) is 11.8 Å². The number of hydrogen-bond donors (Lipinski definition) is 0. The van der Waals surface area contributed by atoms with Gasteiger partial charge in [-0.3, -0.25) is 0 Å². The molecular weight excluding hydrogens is 172 g/mol. The number of methoxy groups -OCH3 is 1. The average molecular weight is 196 g/mol. The van der Waals surface area contributed by atoms with Crippen LogP contribution in [-0.4, -0.2) is 7.11 Å². The molecule has 1 heteroatoms. The van der Waals surface area contributed by atoms with Gasteiger partial charge in [-0.25, -0.2) is 0 Å². The molecule has 82 valence electrons. The first-order chi connectivity index (χ1) is 6.72. The highest BCUT2D eigenvalue weighted by Crippen LogP contribution is 2.31. The van der Waals surface area contributed by atoms with Crippen molar-refractivity contribution < 1.29 is 4.74 Å². The minimum Gasteiger partial charge on any atom is -0.504 e. The molecule has 0 heterocycles. The number of allylic oxidation sites excluding steroid dienone is 1. The fourth-order valence-electron chi connectivity index (χ4n) is 2.19. The summed E-state index contributed by atoms with van der Waals surface area (Å²) >= 11 is 0. The maximum Gasteiger partial charge on any atom is 0.0816 e. The summed E-state index contributed by atoms with van der Waals surface area (Å²) in [6.45, 7) is 4.64. The quantitative estimate of drug-likeness (QED) is 0.614. The smallest absolute Gasteiger partial charge is 0.0816 e. The van der Waals surface area contributed by atoms with Gasteiger partial charge in [0.2, 0.25) is 0 Å². The Morgan fingerprint density at radius 2 is 2.00 bits per heavy atom. The van der Waals surface area contributed by atoms with E-state index in [1.54, 1.807) is 7.11 Å². The average Bonchev–Trinajstić information content (AvgIpc) is 2.17. The summed E-state index contributed by atoms with van der Waals surface area (Å²) < 4.78 is 5.05. The number of hydrogen-bond acceptors (Lipinski definition) is 1. The van der Waals surface area contributed by atoms with Gasteiger partial charge in [0.15, 0.2) is 0 Å². The monoisotopic (exact) mass is 196 g/mol. The van der Waals surface area contributed by atoms with Gasteiger partial charge in [-0.15, -0.1) is 0 Å². The number of ether oxygens (including phenoxy) is 1. The highest BCUT2D eigenvalue weighted by Gasteiger charge is 2.16. The molecule has 0 atom stereocenters. The third-order valence-electron chi connectivity index (χ3n) is 3.18. The summed E-state index contributed by atoms with van der Waals surface area (Å²) in [7, 11) is 1.75. The molecule has 0 aromatic heterocycles. The second-order valence-electron chi connectivity index (χ2n) is 4.93. The van der Waals surface area contributed by atoms with E-state index in [-0.39, 0.29) is 0 Å². The van der Waals surface area contributed by atoms with E-state index in [0.717, 1.165) is 11.8 Å². The van der Waals surface area contributed by atoms with E-state index in [1.165, 1.54) is 44.1 Å². The molecule has 1 fully saturated rings. The van der Waals surface area contributed by atoms with Gasteiger partial charge in [0, 0.05) is 0 Å². The Labute approximate surface area is 88.5 Å². The van der Waals surface area contributed by atoms with E-state index in [1.807, 2.05) is 6.26 Å². The Bertz CT molecular complexity index is 172. The van der Waals surface area contributed by atoms with E-state index in [2.05, 4.69) is 13.8 Å². The zero-order chi connectivity index (χ0) is 10.4. The third kappa shape index (κ3) is 4.17. The molecule has 1 aliphatic carbocycles. The second kappa shape index (κ2) is 6.10. The Morgan fingerprint density at radius 3 is 2.50 bits per heavy atom. The highest BCUT2D eigenvalue weighted by atomic mass is 16.5. The third-order valence-corrected chi connectivity index (χ3v) is 3.18. The van der Waals surface area contributed by atoms with E-state index in [0.29, 0.717) is 0 Å². The topological polar surface area (TPSA) is 9.23 Å². The maximum atomic E-state index is 5.05. The first kappa shape index (κ1) is 11.6. The molecule has 1 aliphatic rings. The van der Waals surface area contributed by atoms with E-state index in [4.69, 9.17) is 4.74 Å². The zero-order valence-corrected chi connectivity index (χ0v) is 9.88. The Hall–Kier alpha value is -0.460. The van der Waals surface area contributed by atoms with Crippen LogP contribution in [0.25, 0.3) is 0 Å². The Balaban J connectivity index is 2.19. The van der Waals surface area contributed by atoms with Crippen molar-refractivity contribution >= 4 is 0 Å². The molecule has 0 amide bonds. The molecule has 0 aromatic carbocycles. The van der Waals surface area contributed by atoms with Gasteiger partial charge < -0.3 is 4.74 Å². The SMILES string of the molecule is COC=C1CCC(CCC(C)C)CC1. The van der Waals surface area contributed by atoms with Crippen LogP contribution < -0.4 is 0 Å². The van der Waals surface area contributed by atoms with Crippen molar-refractivity contribution in [1.29, 1.82) is 0 Å². The molecule has 0 aliphatic heterocycles. The first-order valence-electron chi connectivity index (χ1n) is 5.93. The van der Waals surface area contributed by atoms with E-state index >= 15 is 0 Å². The summed E-state index contributed by atoms with van der Waals surface area (Å²) in [5.74, 6) is 1.84. The van der Waals surface area contributed by atoms with Crippen molar-refractivity contribution in [2.45, 2.75) is 52.4 Å². The first-order valence-corrected chi connectivity index (χ1v) is 5.93. The molecule has 0 aromatic rings. The van der Waals surface area contributed by atoms with Crippen LogP contribution in [-0.2, 0) is 4.74 Å². The van der Waals surface area contributed by atoms with Crippen molar-refractivity contribution in [2.24, 2.45) is 11.8 Å². The van der Waals surface area contributed by atoms with Crippen LogP contribution in [0.3, 0.4) is 0 Å². The second-order valence-corrected chi connectivity index (χ2v) is 4.93. The highest BCUT2D eigenvalue weighted by molar-refractivity contribution is 5.01. The summed E-state index contributed by atoms with van der Waals surface area (Å²) in [6, 6.07) is 0. The van der Waals surface area contributed by atoms with Crippen molar-refractivity contribution in [3.63, 3.8) is 0 Å². The van der Waals surface area contributed by atoms with Crippen molar-refractivity contribution in [3.8, 4) is 0 Å². The molecule has 1 nitrogen and oxygen atoms in total. The normalized spacial score (nSPS) is 22.6. The van der Waals surface area contributed by atoms with Crippen LogP contribution >= 0.6 is 0 Å². The van der Waals surface area contributed by atoms with Crippen molar-refractivity contribution in [1.82, 2.24) is 0 Å². The molecule has 0 unspecified atom stereocenters. The van der Waals surface area contributed by atoms with Crippen LogP contribution in [0.1, 0.15) is 52.4 Å². The van der Waals surface area contributed by atoms with Crippen molar-refractivity contribution in [3.05, 3.63) is 11.8 Å². The Kier molecular flexibility index (Phi) is 5.06. The van der Waals surface area contributed by atoms with Crippen LogP contribution in [0.4, 0.5) is 0 Å². The predicted molar refractivity (Wildman–Crippen MR) is 61.1 cm³/mol. The summed E-state index contributed by atoms with van der Waals surface area (Å²) in [4.78, 5) is 0. The fraction of sp³-hybridized carbons (Fsp3) is 0.846. The lowest BCUT2D eigenvalue weighted by Gasteiger charge is -2.24. The Morgan fingerprint density at radius 1 is 1.36 bits per heavy atom. The van der Waals surface area contributed by atoms with Gasteiger partial charge >= 0.3 is 0 Å². The maximum absolute atomic E-state index is 5.05.